The number of benzene rings is 2. The second-order valence-corrected chi connectivity index (χ2v) is 7.81. The number of carbonyl (C=O) groups excluding carboxylic acids is 1. The van der Waals surface area contributed by atoms with Crippen molar-refractivity contribution in [2.75, 3.05) is 13.6 Å². The van der Waals surface area contributed by atoms with Gasteiger partial charge in [-0.3, -0.25) is 5.10 Å². The number of nitrogens with one attached hydrogen (secondary N) is 2. The van der Waals surface area contributed by atoms with Crippen LogP contribution in [0.25, 0.3) is 10.9 Å². The molecule has 1 aliphatic rings. The van der Waals surface area contributed by atoms with Crippen LogP contribution < -0.4 is 10.1 Å². The number of amides is 1. The van der Waals surface area contributed by atoms with Gasteiger partial charge in [-0.1, -0.05) is 18.0 Å². The van der Waals surface area contributed by atoms with Crippen molar-refractivity contribution in [3.63, 3.8) is 0 Å². The van der Waals surface area contributed by atoms with Crippen molar-refractivity contribution in [1.29, 1.82) is 0 Å². The van der Waals surface area contributed by atoms with Crippen LogP contribution in [0.3, 0.4) is 0 Å². The van der Waals surface area contributed by atoms with E-state index >= 15 is 0 Å². The molecule has 6 nitrogen and oxygen atoms in total. The lowest BCUT2D eigenvalue weighted by molar-refractivity contribution is 0.137. The van der Waals surface area contributed by atoms with Gasteiger partial charge in [-0.05, 0) is 68.4 Å². The summed E-state index contributed by atoms with van der Waals surface area (Å²) < 4.78 is 19.5. The highest BCUT2D eigenvalue weighted by Gasteiger charge is 2.31. The Kier molecular flexibility index (Phi) is 5.69. The number of H-pyrrole nitrogens is 1. The van der Waals surface area contributed by atoms with E-state index in [9.17, 15) is 9.18 Å². The number of halogens is 2. The van der Waals surface area contributed by atoms with Crippen molar-refractivity contribution >= 4 is 28.6 Å². The Labute approximate surface area is 173 Å². The van der Waals surface area contributed by atoms with E-state index in [0.717, 1.165) is 36.7 Å². The number of likely N-dealkylation sites (tertiary alicyclic amines) is 1. The summed E-state index contributed by atoms with van der Waals surface area (Å²) in [7, 11) is 2.01. The van der Waals surface area contributed by atoms with Crippen molar-refractivity contribution in [3.05, 3.63) is 59.0 Å². The van der Waals surface area contributed by atoms with Gasteiger partial charge in [-0.25, -0.2) is 9.18 Å². The number of hydrogen-bond acceptors (Lipinski definition) is 4. The maximum atomic E-state index is 14.0. The van der Waals surface area contributed by atoms with Crippen molar-refractivity contribution in [2.24, 2.45) is 0 Å². The summed E-state index contributed by atoms with van der Waals surface area (Å²) in [5, 5.41) is 10.9. The number of piperidine rings is 1. The SMILES string of the molecule is CN1CCCCC1C(NC(=O)Oc1ccc2[nH]ncc2c1)c1cc(F)cc(Cl)c1. The topological polar surface area (TPSA) is 70.2 Å². The second kappa shape index (κ2) is 8.39. The number of fused-ring (bicyclic) bond motifs is 1. The summed E-state index contributed by atoms with van der Waals surface area (Å²) in [5.74, 6) is -0.0269. The van der Waals surface area contributed by atoms with Crippen molar-refractivity contribution in [2.45, 2.75) is 31.3 Å². The predicted octanol–water partition coefficient (Wildman–Crippen LogP) is 4.67. The van der Waals surface area contributed by atoms with Gasteiger partial charge >= 0.3 is 6.09 Å². The Morgan fingerprint density at radius 1 is 1.34 bits per heavy atom. The number of likely N-dealkylation sites (N-methyl/N-ethyl adjacent to an activating group) is 1. The first-order valence-electron chi connectivity index (χ1n) is 9.57. The predicted molar refractivity (Wildman–Crippen MR) is 110 cm³/mol. The quantitative estimate of drug-likeness (QED) is 0.648. The average Bonchev–Trinajstić information content (AvgIpc) is 3.14. The largest absolute Gasteiger partial charge is 0.413 e. The third-order valence-corrected chi connectivity index (χ3v) is 5.57. The maximum Gasteiger partial charge on any atom is 0.413 e. The molecule has 4 rings (SSSR count). The molecule has 1 aromatic heterocycles. The van der Waals surface area contributed by atoms with E-state index in [4.69, 9.17) is 16.3 Å². The molecule has 0 spiro atoms. The van der Waals surface area contributed by atoms with Crippen LogP contribution in [0.1, 0.15) is 30.9 Å². The number of rotatable bonds is 4. The number of aromatic nitrogens is 2. The lowest BCUT2D eigenvalue weighted by atomic mass is 9.91. The van der Waals surface area contributed by atoms with Crippen LogP contribution in [0.15, 0.2) is 42.6 Å². The van der Waals surface area contributed by atoms with E-state index in [1.54, 1.807) is 30.5 Å². The smallest absolute Gasteiger partial charge is 0.410 e. The molecule has 0 bridgehead atoms. The highest BCUT2D eigenvalue weighted by atomic mass is 35.5. The molecule has 1 fully saturated rings. The lowest BCUT2D eigenvalue weighted by Crippen LogP contribution is -2.47. The molecule has 2 heterocycles. The lowest BCUT2D eigenvalue weighted by Gasteiger charge is -2.38. The molecular weight excluding hydrogens is 395 g/mol. The Bertz CT molecular complexity index is 1000. The Balaban J connectivity index is 1.57. The van der Waals surface area contributed by atoms with E-state index in [1.807, 2.05) is 7.05 Å². The summed E-state index contributed by atoms with van der Waals surface area (Å²) in [4.78, 5) is 14.9. The Hall–Kier alpha value is -2.64. The maximum absolute atomic E-state index is 14.0. The van der Waals surface area contributed by atoms with E-state index in [0.29, 0.717) is 16.3 Å². The summed E-state index contributed by atoms with van der Waals surface area (Å²) in [5.41, 5.74) is 1.48. The highest BCUT2D eigenvalue weighted by molar-refractivity contribution is 6.30. The first-order chi connectivity index (χ1) is 14.0. The minimum atomic E-state index is -0.600. The molecule has 2 atom stereocenters. The third-order valence-electron chi connectivity index (χ3n) is 5.35. The van der Waals surface area contributed by atoms with Crippen LogP contribution in [-0.4, -0.2) is 40.8 Å². The minimum absolute atomic E-state index is 0.0190. The van der Waals surface area contributed by atoms with Gasteiger partial charge < -0.3 is 15.0 Å². The fourth-order valence-corrected chi connectivity index (χ4v) is 4.16. The van der Waals surface area contributed by atoms with Gasteiger partial charge in [0, 0.05) is 16.5 Å². The van der Waals surface area contributed by atoms with E-state index in [1.165, 1.54) is 12.1 Å². The zero-order valence-electron chi connectivity index (χ0n) is 16.0. The Morgan fingerprint density at radius 3 is 3.00 bits per heavy atom. The molecule has 2 N–H and O–H groups in total. The van der Waals surface area contributed by atoms with E-state index in [-0.39, 0.29) is 6.04 Å². The van der Waals surface area contributed by atoms with Gasteiger partial charge in [0.1, 0.15) is 11.6 Å². The summed E-state index contributed by atoms with van der Waals surface area (Å²) >= 11 is 6.07. The summed E-state index contributed by atoms with van der Waals surface area (Å²) in [6.45, 7) is 0.915. The molecule has 1 aliphatic heterocycles. The third kappa shape index (κ3) is 4.52. The van der Waals surface area contributed by atoms with Gasteiger partial charge in [0.2, 0.25) is 0 Å². The zero-order chi connectivity index (χ0) is 20.4. The molecule has 152 valence electrons. The average molecular weight is 417 g/mol. The molecule has 1 saturated heterocycles. The fraction of sp³-hybridized carbons (Fsp3) is 0.333. The fourth-order valence-electron chi connectivity index (χ4n) is 3.93. The monoisotopic (exact) mass is 416 g/mol. The molecule has 2 aromatic carbocycles. The van der Waals surface area contributed by atoms with Crippen LogP contribution in [-0.2, 0) is 0 Å². The molecule has 8 heteroatoms. The molecule has 1 amide bonds. The number of hydrogen-bond donors (Lipinski definition) is 2. The molecule has 0 radical (unpaired) electrons. The standard InChI is InChI=1S/C21H22ClFN4O2/c1-27-7-3-2-4-19(27)20(13-8-15(22)11-16(23)9-13)25-21(28)29-17-5-6-18-14(10-17)12-24-26-18/h5-6,8-12,19-20H,2-4,7H2,1H3,(H,24,26)(H,25,28). The van der Waals surface area contributed by atoms with Gasteiger partial charge in [0.05, 0.1) is 17.8 Å². The number of aromatic amines is 1. The number of ether oxygens (including phenoxy) is 1. The van der Waals surface area contributed by atoms with Crippen LogP contribution in [0.5, 0.6) is 5.75 Å². The van der Waals surface area contributed by atoms with Crippen LogP contribution in [0, 0.1) is 5.82 Å². The Morgan fingerprint density at radius 2 is 2.21 bits per heavy atom. The van der Waals surface area contributed by atoms with Crippen LogP contribution in [0.2, 0.25) is 5.02 Å². The molecule has 0 saturated carbocycles. The first kappa shape index (κ1) is 19.7. The number of carbonyl (C=O) groups is 1. The normalized spacial score (nSPS) is 18.5. The number of nitrogens with zero attached hydrogens (tertiary/aromatic N) is 2. The van der Waals surface area contributed by atoms with Crippen LogP contribution in [0.4, 0.5) is 9.18 Å². The van der Waals surface area contributed by atoms with Gasteiger partial charge in [0.15, 0.2) is 0 Å². The van der Waals surface area contributed by atoms with Crippen molar-refractivity contribution in [3.8, 4) is 5.75 Å². The van der Waals surface area contributed by atoms with Crippen molar-refractivity contribution < 1.29 is 13.9 Å². The molecule has 2 unspecified atom stereocenters. The molecule has 3 aromatic rings. The summed E-state index contributed by atoms with van der Waals surface area (Å²) in [6, 6.07) is 9.16. The zero-order valence-corrected chi connectivity index (χ0v) is 16.7. The summed E-state index contributed by atoms with van der Waals surface area (Å²) in [6.07, 6.45) is 4.09. The van der Waals surface area contributed by atoms with Gasteiger partial charge in [-0.15, -0.1) is 0 Å². The molecule has 29 heavy (non-hydrogen) atoms. The second-order valence-electron chi connectivity index (χ2n) is 7.38. The highest BCUT2D eigenvalue weighted by Crippen LogP contribution is 2.30. The molecule has 0 aliphatic carbocycles. The first-order valence-corrected chi connectivity index (χ1v) is 9.95. The minimum Gasteiger partial charge on any atom is -0.410 e. The van der Waals surface area contributed by atoms with E-state index < -0.39 is 18.0 Å². The van der Waals surface area contributed by atoms with Crippen molar-refractivity contribution in [1.82, 2.24) is 20.4 Å². The van der Waals surface area contributed by atoms with Gasteiger partial charge in [-0.2, -0.15) is 5.10 Å². The van der Waals surface area contributed by atoms with Gasteiger partial charge in [0.25, 0.3) is 0 Å². The van der Waals surface area contributed by atoms with E-state index in [2.05, 4.69) is 20.4 Å². The molecular formula is C21H22ClFN4O2. The van der Waals surface area contributed by atoms with Crippen LogP contribution >= 0.6 is 11.6 Å².